The molecular weight excluding hydrogens is 137 g/mol. The topological polar surface area (TPSA) is 52.3 Å². The van der Waals surface area contributed by atoms with Crippen molar-refractivity contribution in [2.75, 3.05) is 0 Å². The third-order valence-electron chi connectivity index (χ3n) is 1.12. The maximum absolute atomic E-state index is 10.7. The standard InChI is InChI=1S/C7H7NO2.Li.H/c8-10-7(9)6-4-2-1-3-5-6;;/h1-5H,8H2;;/q;+1;-1. The van der Waals surface area contributed by atoms with Crippen LogP contribution < -0.4 is 24.8 Å². The van der Waals surface area contributed by atoms with E-state index in [-0.39, 0.29) is 20.3 Å². The molecule has 4 heteroatoms. The summed E-state index contributed by atoms with van der Waals surface area (Å²) in [5.74, 6) is 4.14. The molecule has 0 saturated carbocycles. The minimum Gasteiger partial charge on any atom is -1.00 e. The molecule has 0 fully saturated rings. The number of rotatable bonds is 1. The zero-order valence-corrected chi connectivity index (χ0v) is 6.28. The van der Waals surface area contributed by atoms with Gasteiger partial charge in [-0.05, 0) is 12.1 Å². The van der Waals surface area contributed by atoms with Crippen molar-refractivity contribution in [2.45, 2.75) is 0 Å². The molecule has 54 valence electrons. The maximum atomic E-state index is 10.7. The first-order valence-electron chi connectivity index (χ1n) is 2.80. The van der Waals surface area contributed by atoms with Crippen LogP contribution in [0.5, 0.6) is 0 Å². The van der Waals surface area contributed by atoms with E-state index in [1.807, 2.05) is 6.07 Å². The number of hydrogen-bond donors (Lipinski definition) is 1. The average Bonchev–Trinajstić information content (AvgIpc) is 2.05. The smallest absolute Gasteiger partial charge is 1.00 e. The van der Waals surface area contributed by atoms with Crippen LogP contribution in [0.1, 0.15) is 11.8 Å². The molecule has 0 unspecified atom stereocenters. The monoisotopic (exact) mass is 145 g/mol. The van der Waals surface area contributed by atoms with Gasteiger partial charge in [-0.15, -0.1) is 0 Å². The predicted molar refractivity (Wildman–Crippen MR) is 37.2 cm³/mol. The van der Waals surface area contributed by atoms with Gasteiger partial charge in [0.05, 0.1) is 5.56 Å². The molecule has 0 aliphatic carbocycles. The zero-order valence-electron chi connectivity index (χ0n) is 7.28. The molecule has 1 aromatic rings. The van der Waals surface area contributed by atoms with Crippen molar-refractivity contribution in [1.82, 2.24) is 0 Å². The van der Waals surface area contributed by atoms with E-state index < -0.39 is 5.97 Å². The van der Waals surface area contributed by atoms with E-state index in [9.17, 15) is 4.79 Å². The number of hydrogen-bond acceptors (Lipinski definition) is 3. The molecule has 0 atom stereocenters. The van der Waals surface area contributed by atoms with Crippen LogP contribution in [0.2, 0.25) is 0 Å². The minimum atomic E-state index is -0.513. The summed E-state index contributed by atoms with van der Waals surface area (Å²) in [6.45, 7) is 0. The van der Waals surface area contributed by atoms with Crippen molar-refractivity contribution in [3.63, 3.8) is 0 Å². The molecule has 1 aromatic carbocycles. The SMILES string of the molecule is NOC(=O)c1ccccc1.[H-].[Li+]. The Kier molecular flexibility index (Phi) is 4.63. The summed E-state index contributed by atoms with van der Waals surface area (Å²) in [6, 6.07) is 8.57. The quantitative estimate of drug-likeness (QED) is 0.361. The molecule has 2 N–H and O–H groups in total. The number of nitrogens with two attached hydrogens (primary N) is 1. The van der Waals surface area contributed by atoms with Crippen LogP contribution in [-0.2, 0) is 4.84 Å². The molecule has 1 rings (SSSR count). The van der Waals surface area contributed by atoms with Gasteiger partial charge in [-0.25, -0.2) is 4.79 Å². The molecule has 0 radical (unpaired) electrons. The van der Waals surface area contributed by atoms with Gasteiger partial charge in [0.2, 0.25) is 0 Å². The molecule has 0 aromatic heterocycles. The van der Waals surface area contributed by atoms with Crippen LogP contribution in [0.15, 0.2) is 30.3 Å². The van der Waals surface area contributed by atoms with Gasteiger partial charge in [0.25, 0.3) is 0 Å². The molecule has 0 aliphatic rings. The second-order valence-electron chi connectivity index (χ2n) is 1.77. The van der Waals surface area contributed by atoms with E-state index in [4.69, 9.17) is 0 Å². The van der Waals surface area contributed by atoms with Gasteiger partial charge in [-0.3, -0.25) is 0 Å². The Hall–Kier alpha value is -0.753. The maximum Gasteiger partial charge on any atom is 1.00 e. The van der Waals surface area contributed by atoms with E-state index >= 15 is 0 Å². The summed E-state index contributed by atoms with van der Waals surface area (Å²) >= 11 is 0. The molecule has 0 heterocycles. The Bertz CT molecular complexity index is 230. The Morgan fingerprint density at radius 1 is 1.36 bits per heavy atom. The van der Waals surface area contributed by atoms with Crippen molar-refractivity contribution in [3.8, 4) is 0 Å². The van der Waals surface area contributed by atoms with Crippen molar-refractivity contribution in [1.29, 1.82) is 0 Å². The van der Waals surface area contributed by atoms with Crippen molar-refractivity contribution in [2.24, 2.45) is 5.90 Å². The van der Waals surface area contributed by atoms with Gasteiger partial charge < -0.3 is 6.26 Å². The molecule has 3 nitrogen and oxygen atoms in total. The Morgan fingerprint density at radius 3 is 2.36 bits per heavy atom. The van der Waals surface area contributed by atoms with Gasteiger partial charge in [0.1, 0.15) is 0 Å². The molecular formula is C7H8LiNO2. The normalized spacial score (nSPS) is 8.09. The van der Waals surface area contributed by atoms with E-state index in [1.165, 1.54) is 0 Å². The van der Waals surface area contributed by atoms with E-state index in [0.717, 1.165) is 0 Å². The fourth-order valence-corrected chi connectivity index (χ4v) is 0.642. The Morgan fingerprint density at radius 2 is 1.91 bits per heavy atom. The third-order valence-corrected chi connectivity index (χ3v) is 1.12. The Labute approximate surface area is 78.1 Å². The van der Waals surface area contributed by atoms with Gasteiger partial charge in [0.15, 0.2) is 0 Å². The van der Waals surface area contributed by atoms with Crippen LogP contribution in [0.3, 0.4) is 0 Å². The minimum absolute atomic E-state index is 0. The van der Waals surface area contributed by atoms with Crippen molar-refractivity contribution >= 4 is 5.97 Å². The van der Waals surface area contributed by atoms with E-state index in [0.29, 0.717) is 5.56 Å². The Balaban J connectivity index is 0. The first-order valence-corrected chi connectivity index (χ1v) is 2.80. The number of benzene rings is 1. The van der Waals surface area contributed by atoms with E-state index in [2.05, 4.69) is 10.7 Å². The largest absolute Gasteiger partial charge is 1.00 e. The second kappa shape index (κ2) is 4.97. The van der Waals surface area contributed by atoms with Crippen LogP contribution in [0.4, 0.5) is 0 Å². The summed E-state index contributed by atoms with van der Waals surface area (Å²) in [6.07, 6.45) is 0. The molecule has 0 amide bonds. The first kappa shape index (κ1) is 10.2. The zero-order chi connectivity index (χ0) is 7.40. The summed E-state index contributed by atoms with van der Waals surface area (Å²) in [7, 11) is 0. The number of carbonyl (C=O) groups excluding carboxylic acids is 1. The molecule has 0 aliphatic heterocycles. The third kappa shape index (κ3) is 2.77. The van der Waals surface area contributed by atoms with Gasteiger partial charge in [0, 0.05) is 0 Å². The summed E-state index contributed by atoms with van der Waals surface area (Å²) < 4.78 is 0. The van der Waals surface area contributed by atoms with Gasteiger partial charge in [-0.1, -0.05) is 18.2 Å². The summed E-state index contributed by atoms with van der Waals surface area (Å²) in [5.41, 5.74) is 0.463. The fraction of sp³-hybridized carbons (Fsp3) is 0. The molecule has 0 spiro atoms. The van der Waals surface area contributed by atoms with Gasteiger partial charge in [-0.2, -0.15) is 5.90 Å². The first-order chi connectivity index (χ1) is 4.84. The molecule has 0 bridgehead atoms. The fourth-order valence-electron chi connectivity index (χ4n) is 0.642. The van der Waals surface area contributed by atoms with Crippen LogP contribution in [0.25, 0.3) is 0 Å². The van der Waals surface area contributed by atoms with Crippen LogP contribution in [0, 0.1) is 0 Å². The predicted octanol–water partition coefficient (Wildman–Crippen LogP) is -2.17. The van der Waals surface area contributed by atoms with Crippen LogP contribution >= 0.6 is 0 Å². The van der Waals surface area contributed by atoms with Crippen LogP contribution in [-0.4, -0.2) is 5.97 Å². The molecule has 11 heavy (non-hydrogen) atoms. The summed E-state index contributed by atoms with van der Waals surface area (Å²) in [4.78, 5) is 14.7. The summed E-state index contributed by atoms with van der Waals surface area (Å²) in [5, 5.41) is 0. The average molecular weight is 145 g/mol. The second-order valence-corrected chi connectivity index (χ2v) is 1.77. The molecule has 0 saturated heterocycles. The van der Waals surface area contributed by atoms with Gasteiger partial charge >= 0.3 is 24.8 Å². The number of carbonyl (C=O) groups is 1. The van der Waals surface area contributed by atoms with Crippen molar-refractivity contribution < 1.29 is 29.9 Å². The van der Waals surface area contributed by atoms with E-state index in [1.54, 1.807) is 24.3 Å². The van der Waals surface area contributed by atoms with Crippen molar-refractivity contribution in [3.05, 3.63) is 35.9 Å².